The van der Waals surface area contributed by atoms with Crippen LogP contribution in [0.25, 0.3) is 11.3 Å². The summed E-state index contributed by atoms with van der Waals surface area (Å²) in [5.41, 5.74) is 1.48. The number of carbonyl (C=O) groups excluding carboxylic acids is 1. The zero-order valence-corrected chi connectivity index (χ0v) is 15.1. The summed E-state index contributed by atoms with van der Waals surface area (Å²) in [4.78, 5) is 30.6. The van der Waals surface area contributed by atoms with E-state index < -0.39 is 0 Å². The summed E-state index contributed by atoms with van der Waals surface area (Å²) in [6.07, 6.45) is 5.61. The van der Waals surface area contributed by atoms with E-state index in [9.17, 15) is 9.59 Å². The molecule has 2 bridgehead atoms. The number of amides is 1. The summed E-state index contributed by atoms with van der Waals surface area (Å²) in [7, 11) is 2.11. The van der Waals surface area contributed by atoms with Gasteiger partial charge in [-0.15, -0.1) is 0 Å². The fourth-order valence-corrected chi connectivity index (χ4v) is 3.93. The third kappa shape index (κ3) is 2.77. The molecule has 2 heterocycles. The molecule has 7 heteroatoms. The first-order chi connectivity index (χ1) is 12.5. The van der Waals surface area contributed by atoms with Crippen LogP contribution in [0.1, 0.15) is 26.2 Å². The molecule has 0 spiro atoms. The minimum absolute atomic E-state index is 0.0849. The molecule has 3 aliphatic carbocycles. The summed E-state index contributed by atoms with van der Waals surface area (Å²) in [5, 5.41) is 6.99. The largest absolute Gasteiger partial charge is 0.355 e. The molecule has 0 saturated heterocycles. The van der Waals surface area contributed by atoms with Crippen molar-refractivity contribution in [2.45, 2.75) is 38.3 Å². The van der Waals surface area contributed by atoms with Gasteiger partial charge < -0.3 is 10.2 Å². The van der Waals surface area contributed by atoms with Gasteiger partial charge in [0.25, 0.3) is 5.56 Å². The van der Waals surface area contributed by atoms with Gasteiger partial charge in [0, 0.05) is 37.0 Å². The summed E-state index contributed by atoms with van der Waals surface area (Å²) in [6.45, 7) is 2.27. The Bertz CT molecular complexity index is 873. The lowest BCUT2D eigenvalue weighted by Crippen LogP contribution is -2.67. The molecule has 1 N–H and O–H groups in total. The number of hydrogen-bond donors (Lipinski definition) is 1. The fourth-order valence-electron chi connectivity index (χ4n) is 3.93. The number of likely N-dealkylation sites (N-methyl/N-ethyl adjacent to an activating group) is 1. The van der Waals surface area contributed by atoms with E-state index in [2.05, 4.69) is 27.3 Å². The molecule has 0 aromatic carbocycles. The average molecular weight is 353 g/mol. The lowest BCUT2D eigenvalue weighted by Gasteiger charge is -2.66. The predicted molar refractivity (Wildman–Crippen MR) is 98.9 cm³/mol. The highest BCUT2D eigenvalue weighted by molar-refractivity contribution is 5.75. The normalized spacial score (nSPS) is 22.9. The van der Waals surface area contributed by atoms with Crippen LogP contribution in [-0.4, -0.2) is 39.8 Å². The SMILES string of the molecule is CCNC(=O)Cn1nc(-c2ccc(N(C)C34CC(C3)C4)nc2)ccc1=O. The third-order valence-electron chi connectivity index (χ3n) is 5.64. The van der Waals surface area contributed by atoms with E-state index in [-0.39, 0.29) is 18.0 Å². The number of carbonyl (C=O) groups is 1. The number of nitrogens with zero attached hydrogens (tertiary/aromatic N) is 4. The van der Waals surface area contributed by atoms with Crippen LogP contribution in [0.15, 0.2) is 35.3 Å². The van der Waals surface area contributed by atoms with Crippen LogP contribution in [0.3, 0.4) is 0 Å². The second-order valence-corrected chi connectivity index (χ2v) is 7.33. The fraction of sp³-hybridized carbons (Fsp3) is 0.474. The van der Waals surface area contributed by atoms with E-state index in [0.29, 0.717) is 17.8 Å². The van der Waals surface area contributed by atoms with Gasteiger partial charge in [0.05, 0.1) is 5.69 Å². The number of hydrogen-bond acceptors (Lipinski definition) is 5. The Kier molecular flexibility index (Phi) is 4.01. The van der Waals surface area contributed by atoms with Gasteiger partial charge in [-0.1, -0.05) is 0 Å². The number of nitrogens with one attached hydrogen (secondary N) is 1. The van der Waals surface area contributed by atoms with Gasteiger partial charge in [0.15, 0.2) is 0 Å². The summed E-state index contributed by atoms with van der Waals surface area (Å²) in [5.74, 6) is 1.65. The van der Waals surface area contributed by atoms with Crippen molar-refractivity contribution in [3.63, 3.8) is 0 Å². The van der Waals surface area contributed by atoms with Crippen molar-refractivity contribution < 1.29 is 4.79 Å². The van der Waals surface area contributed by atoms with Crippen molar-refractivity contribution in [1.82, 2.24) is 20.1 Å². The van der Waals surface area contributed by atoms with Gasteiger partial charge in [-0.3, -0.25) is 9.59 Å². The van der Waals surface area contributed by atoms with Crippen LogP contribution >= 0.6 is 0 Å². The van der Waals surface area contributed by atoms with Crippen LogP contribution in [0.4, 0.5) is 5.82 Å². The maximum absolute atomic E-state index is 11.9. The van der Waals surface area contributed by atoms with E-state index in [1.165, 1.54) is 30.0 Å². The maximum atomic E-state index is 11.9. The van der Waals surface area contributed by atoms with Crippen molar-refractivity contribution in [2.24, 2.45) is 5.92 Å². The highest BCUT2D eigenvalue weighted by atomic mass is 16.2. The monoisotopic (exact) mass is 353 g/mol. The maximum Gasteiger partial charge on any atom is 0.267 e. The quantitative estimate of drug-likeness (QED) is 0.850. The van der Waals surface area contributed by atoms with Gasteiger partial charge in [0.2, 0.25) is 5.91 Å². The van der Waals surface area contributed by atoms with E-state index >= 15 is 0 Å². The average Bonchev–Trinajstić information content (AvgIpc) is 2.54. The van der Waals surface area contributed by atoms with Crippen LogP contribution in [0, 0.1) is 5.92 Å². The van der Waals surface area contributed by atoms with Crippen molar-refractivity contribution in [3.05, 3.63) is 40.8 Å². The summed E-state index contributed by atoms with van der Waals surface area (Å²) in [6, 6.07) is 7.06. The number of anilines is 1. The van der Waals surface area contributed by atoms with E-state index in [4.69, 9.17) is 0 Å². The molecule has 0 radical (unpaired) electrons. The van der Waals surface area contributed by atoms with Gasteiger partial charge in [-0.25, -0.2) is 9.67 Å². The smallest absolute Gasteiger partial charge is 0.267 e. The van der Waals surface area contributed by atoms with Crippen molar-refractivity contribution in [2.75, 3.05) is 18.5 Å². The van der Waals surface area contributed by atoms with Crippen LogP contribution in [0.2, 0.25) is 0 Å². The molecule has 3 aliphatic rings. The van der Waals surface area contributed by atoms with Crippen LogP contribution in [-0.2, 0) is 11.3 Å². The van der Waals surface area contributed by atoms with Gasteiger partial charge in [0.1, 0.15) is 12.4 Å². The van der Waals surface area contributed by atoms with E-state index in [1.54, 1.807) is 12.3 Å². The lowest BCUT2D eigenvalue weighted by atomic mass is 9.49. The Morgan fingerprint density at radius 3 is 2.65 bits per heavy atom. The molecule has 0 atom stereocenters. The van der Waals surface area contributed by atoms with Gasteiger partial charge in [-0.2, -0.15) is 5.10 Å². The Morgan fingerprint density at radius 1 is 1.31 bits per heavy atom. The molecular weight excluding hydrogens is 330 g/mol. The molecule has 2 aromatic heterocycles. The first-order valence-corrected chi connectivity index (χ1v) is 9.06. The Balaban J connectivity index is 1.53. The second-order valence-electron chi connectivity index (χ2n) is 7.33. The zero-order chi connectivity index (χ0) is 18.3. The molecular formula is C19H23N5O2. The molecule has 7 nitrogen and oxygen atoms in total. The number of rotatable bonds is 6. The topological polar surface area (TPSA) is 80.1 Å². The Hall–Kier alpha value is -2.70. The molecule has 3 fully saturated rings. The first-order valence-electron chi connectivity index (χ1n) is 9.06. The van der Waals surface area contributed by atoms with E-state index in [0.717, 1.165) is 17.3 Å². The van der Waals surface area contributed by atoms with Gasteiger partial charge >= 0.3 is 0 Å². The van der Waals surface area contributed by atoms with Crippen molar-refractivity contribution in [3.8, 4) is 11.3 Å². The van der Waals surface area contributed by atoms with Gasteiger partial charge in [-0.05, 0) is 50.3 Å². The van der Waals surface area contributed by atoms with Crippen LogP contribution in [0.5, 0.6) is 0 Å². The summed E-state index contributed by atoms with van der Waals surface area (Å²) < 4.78 is 1.18. The lowest BCUT2D eigenvalue weighted by molar-refractivity contribution is -0.121. The Labute approximate surface area is 152 Å². The van der Waals surface area contributed by atoms with E-state index in [1.807, 2.05) is 19.1 Å². The molecule has 26 heavy (non-hydrogen) atoms. The molecule has 5 rings (SSSR count). The molecule has 2 aromatic rings. The molecule has 136 valence electrons. The molecule has 0 aliphatic heterocycles. The standard InChI is InChI=1S/C19H23N5O2/c1-3-20-17(25)12-24-18(26)7-5-15(22-24)14-4-6-16(21-11-14)23(2)19-8-13(9-19)10-19/h4-7,11,13H,3,8-10,12H2,1-2H3,(H,20,25). The second kappa shape index (κ2) is 6.23. The molecule has 1 amide bonds. The minimum atomic E-state index is -0.298. The zero-order valence-electron chi connectivity index (χ0n) is 15.1. The first kappa shape index (κ1) is 16.8. The Morgan fingerprint density at radius 2 is 2.08 bits per heavy atom. The van der Waals surface area contributed by atoms with Crippen molar-refractivity contribution in [1.29, 1.82) is 0 Å². The highest BCUT2D eigenvalue weighted by Crippen LogP contribution is 2.60. The number of aromatic nitrogens is 3. The number of pyridine rings is 1. The third-order valence-corrected chi connectivity index (χ3v) is 5.64. The molecule has 3 saturated carbocycles. The minimum Gasteiger partial charge on any atom is -0.355 e. The highest BCUT2D eigenvalue weighted by Gasteiger charge is 2.59. The molecule has 0 unspecified atom stereocenters. The predicted octanol–water partition coefficient (Wildman–Crippen LogP) is 1.43. The summed E-state index contributed by atoms with van der Waals surface area (Å²) >= 11 is 0. The van der Waals surface area contributed by atoms with Crippen molar-refractivity contribution >= 4 is 11.7 Å². The van der Waals surface area contributed by atoms with Crippen LogP contribution < -0.4 is 15.8 Å².